The number of aromatic nitrogens is 2. The van der Waals surface area contributed by atoms with E-state index in [2.05, 4.69) is 9.97 Å². The molecule has 0 unspecified atom stereocenters. The van der Waals surface area contributed by atoms with Crippen LogP contribution in [-0.4, -0.2) is 15.7 Å². The average Bonchev–Trinajstić information content (AvgIpc) is 2.90. The molecule has 0 fully saturated rings. The van der Waals surface area contributed by atoms with Gasteiger partial charge in [-0.05, 0) is 5.56 Å². The number of nitrogens with one attached hydrogen (secondary N) is 1. The van der Waals surface area contributed by atoms with Crippen LogP contribution in [0.1, 0.15) is 0 Å². The fourth-order valence-corrected chi connectivity index (χ4v) is 3.46. The predicted octanol–water partition coefficient (Wildman–Crippen LogP) is 3.27. The van der Waals surface area contributed by atoms with E-state index in [4.69, 9.17) is 5.26 Å². The molecule has 2 aromatic heterocycles. The van der Waals surface area contributed by atoms with Gasteiger partial charge in [-0.25, -0.2) is 4.98 Å². The van der Waals surface area contributed by atoms with E-state index in [0.717, 1.165) is 11.1 Å². The maximum absolute atomic E-state index is 12.2. The van der Waals surface area contributed by atoms with Crippen LogP contribution >= 0.6 is 23.1 Å². The number of thioether (sulfide) groups is 1. The smallest absolute Gasteiger partial charge is 0.260 e. The minimum Gasteiger partial charge on any atom is -0.301 e. The van der Waals surface area contributed by atoms with E-state index in [-0.39, 0.29) is 11.3 Å². The predicted molar refractivity (Wildman–Crippen MR) is 82.0 cm³/mol. The molecule has 0 spiro atoms. The molecule has 0 saturated carbocycles. The molecule has 3 rings (SSSR count). The molecule has 1 N–H and O–H groups in total. The number of hydrogen-bond donors (Lipinski definition) is 1. The van der Waals surface area contributed by atoms with Crippen molar-refractivity contribution in [2.75, 3.05) is 5.75 Å². The molecule has 0 aliphatic carbocycles. The summed E-state index contributed by atoms with van der Waals surface area (Å²) in [6.07, 6.45) is 0. The number of nitrogens with zero attached hydrogens (tertiary/aromatic N) is 2. The second-order valence-corrected chi connectivity index (χ2v) is 5.84. The van der Waals surface area contributed by atoms with Gasteiger partial charge in [-0.3, -0.25) is 4.79 Å². The van der Waals surface area contributed by atoms with Crippen LogP contribution in [0.15, 0.2) is 45.7 Å². The average molecular weight is 299 g/mol. The Morgan fingerprint density at radius 1 is 1.35 bits per heavy atom. The first-order valence-electron chi connectivity index (χ1n) is 5.86. The van der Waals surface area contributed by atoms with Gasteiger partial charge in [0.25, 0.3) is 5.56 Å². The Morgan fingerprint density at radius 2 is 2.15 bits per heavy atom. The summed E-state index contributed by atoms with van der Waals surface area (Å²) in [6.45, 7) is 0. The molecule has 0 aliphatic heterocycles. The van der Waals surface area contributed by atoms with Crippen molar-refractivity contribution in [3.8, 4) is 17.2 Å². The standard InChI is InChI=1S/C14H9N3OS2/c15-6-7-19-14-16-12(18)11-10(8-20-13(11)17-14)9-4-2-1-3-5-9/h1-5,8H,7H2,(H,16,17,18). The summed E-state index contributed by atoms with van der Waals surface area (Å²) in [5.41, 5.74) is 1.75. The Labute approximate surface area is 123 Å². The zero-order valence-corrected chi connectivity index (χ0v) is 11.9. The fraction of sp³-hybridized carbons (Fsp3) is 0.0714. The molecule has 1 aromatic carbocycles. The molecule has 3 aromatic rings. The third-order valence-electron chi connectivity index (χ3n) is 2.78. The van der Waals surface area contributed by atoms with E-state index < -0.39 is 0 Å². The maximum Gasteiger partial charge on any atom is 0.260 e. The number of thiophene rings is 1. The normalized spacial score (nSPS) is 10.6. The molecule has 98 valence electrons. The zero-order chi connectivity index (χ0) is 13.9. The largest absolute Gasteiger partial charge is 0.301 e. The van der Waals surface area contributed by atoms with Crippen LogP contribution in [-0.2, 0) is 0 Å². The van der Waals surface area contributed by atoms with E-state index >= 15 is 0 Å². The van der Waals surface area contributed by atoms with Crippen molar-refractivity contribution in [1.82, 2.24) is 9.97 Å². The molecule has 0 amide bonds. The van der Waals surface area contributed by atoms with E-state index in [1.807, 2.05) is 41.8 Å². The van der Waals surface area contributed by atoms with Gasteiger partial charge in [0.15, 0.2) is 5.16 Å². The van der Waals surface area contributed by atoms with Crippen molar-refractivity contribution in [3.05, 3.63) is 46.1 Å². The lowest BCUT2D eigenvalue weighted by molar-refractivity contribution is 0.982. The lowest BCUT2D eigenvalue weighted by Crippen LogP contribution is -2.08. The van der Waals surface area contributed by atoms with Crippen molar-refractivity contribution in [1.29, 1.82) is 5.26 Å². The van der Waals surface area contributed by atoms with Crippen LogP contribution in [0, 0.1) is 11.3 Å². The van der Waals surface area contributed by atoms with Crippen molar-refractivity contribution in [2.24, 2.45) is 0 Å². The van der Waals surface area contributed by atoms with E-state index in [1.54, 1.807) is 0 Å². The lowest BCUT2D eigenvalue weighted by atomic mass is 10.1. The van der Waals surface area contributed by atoms with E-state index in [9.17, 15) is 4.79 Å². The Bertz CT molecular complexity index is 846. The van der Waals surface area contributed by atoms with Crippen LogP contribution in [0.4, 0.5) is 0 Å². The number of nitriles is 1. The maximum atomic E-state index is 12.2. The van der Waals surface area contributed by atoms with Gasteiger partial charge in [-0.1, -0.05) is 42.1 Å². The van der Waals surface area contributed by atoms with Crippen molar-refractivity contribution < 1.29 is 0 Å². The summed E-state index contributed by atoms with van der Waals surface area (Å²) in [7, 11) is 0. The molecule has 6 heteroatoms. The molecule has 0 atom stereocenters. The van der Waals surface area contributed by atoms with Crippen molar-refractivity contribution in [3.63, 3.8) is 0 Å². The third kappa shape index (κ3) is 2.33. The van der Waals surface area contributed by atoms with Crippen molar-refractivity contribution >= 4 is 33.3 Å². The Morgan fingerprint density at radius 3 is 2.90 bits per heavy atom. The first-order chi connectivity index (χ1) is 9.79. The van der Waals surface area contributed by atoms with Crippen LogP contribution in [0.2, 0.25) is 0 Å². The topological polar surface area (TPSA) is 69.5 Å². The second-order valence-electron chi connectivity index (χ2n) is 4.01. The number of H-pyrrole nitrogens is 1. The molecule has 0 aliphatic rings. The Balaban J connectivity index is 2.15. The molecular formula is C14H9N3OS2. The minimum atomic E-state index is -0.157. The Kier molecular flexibility index (Phi) is 3.54. The minimum absolute atomic E-state index is 0.157. The van der Waals surface area contributed by atoms with Crippen LogP contribution < -0.4 is 5.56 Å². The monoisotopic (exact) mass is 299 g/mol. The summed E-state index contributed by atoms with van der Waals surface area (Å²) in [5, 5.41) is 11.6. The number of fused-ring (bicyclic) bond motifs is 1. The first-order valence-corrected chi connectivity index (χ1v) is 7.73. The van der Waals surface area contributed by atoms with Gasteiger partial charge in [-0.2, -0.15) is 5.26 Å². The summed E-state index contributed by atoms with van der Waals surface area (Å²) in [6, 6.07) is 11.8. The van der Waals surface area contributed by atoms with Crippen LogP contribution in [0.3, 0.4) is 0 Å². The van der Waals surface area contributed by atoms with Gasteiger partial charge in [0.1, 0.15) is 4.83 Å². The van der Waals surface area contributed by atoms with E-state index in [0.29, 0.717) is 15.4 Å². The molecule has 2 heterocycles. The second kappa shape index (κ2) is 5.49. The molecular weight excluding hydrogens is 290 g/mol. The highest BCUT2D eigenvalue weighted by Crippen LogP contribution is 2.31. The number of aromatic amines is 1. The molecule has 0 bridgehead atoms. The Hall–Kier alpha value is -2.10. The number of rotatable bonds is 3. The quantitative estimate of drug-likeness (QED) is 0.595. The van der Waals surface area contributed by atoms with Crippen LogP contribution in [0.5, 0.6) is 0 Å². The first kappa shape index (κ1) is 12.9. The third-order valence-corrected chi connectivity index (χ3v) is 4.39. The van der Waals surface area contributed by atoms with E-state index in [1.165, 1.54) is 23.1 Å². The van der Waals surface area contributed by atoms with Gasteiger partial charge in [-0.15, -0.1) is 11.3 Å². The lowest BCUT2D eigenvalue weighted by Gasteiger charge is -2.00. The summed E-state index contributed by atoms with van der Waals surface area (Å²) < 4.78 is 0. The van der Waals surface area contributed by atoms with Gasteiger partial charge in [0.2, 0.25) is 0 Å². The van der Waals surface area contributed by atoms with Crippen LogP contribution in [0.25, 0.3) is 21.3 Å². The molecule has 20 heavy (non-hydrogen) atoms. The highest BCUT2D eigenvalue weighted by Gasteiger charge is 2.12. The van der Waals surface area contributed by atoms with Gasteiger partial charge in [0.05, 0.1) is 17.2 Å². The fourth-order valence-electron chi connectivity index (χ4n) is 1.93. The SMILES string of the molecule is N#CCSc1nc2scc(-c3ccccc3)c2c(=O)[nH]1. The summed E-state index contributed by atoms with van der Waals surface area (Å²) >= 11 is 2.68. The van der Waals surface area contributed by atoms with Gasteiger partial charge >= 0.3 is 0 Å². The molecule has 4 nitrogen and oxygen atoms in total. The van der Waals surface area contributed by atoms with Crippen molar-refractivity contribution in [2.45, 2.75) is 5.16 Å². The highest BCUT2D eigenvalue weighted by atomic mass is 32.2. The number of benzene rings is 1. The molecule has 0 radical (unpaired) electrons. The summed E-state index contributed by atoms with van der Waals surface area (Å²) in [5.74, 6) is 0.269. The van der Waals surface area contributed by atoms with Gasteiger partial charge in [0, 0.05) is 10.9 Å². The number of hydrogen-bond acceptors (Lipinski definition) is 5. The summed E-state index contributed by atoms with van der Waals surface area (Å²) in [4.78, 5) is 20.1. The van der Waals surface area contributed by atoms with Gasteiger partial charge < -0.3 is 4.98 Å². The zero-order valence-electron chi connectivity index (χ0n) is 10.3. The highest BCUT2D eigenvalue weighted by molar-refractivity contribution is 7.99. The molecule has 0 saturated heterocycles.